The van der Waals surface area contributed by atoms with Crippen molar-refractivity contribution in [1.29, 1.82) is 0 Å². The predicted molar refractivity (Wildman–Crippen MR) is 93.7 cm³/mol. The average molecular weight is 362 g/mol. The van der Waals surface area contributed by atoms with Crippen molar-refractivity contribution in [2.24, 2.45) is 0 Å². The van der Waals surface area contributed by atoms with Crippen LogP contribution in [-0.4, -0.2) is 45.9 Å². The molecule has 7 nitrogen and oxygen atoms in total. The highest BCUT2D eigenvalue weighted by atomic mass is 32.1. The first-order chi connectivity index (χ1) is 12.3. The van der Waals surface area contributed by atoms with Crippen LogP contribution in [0.1, 0.15) is 37.3 Å². The highest BCUT2D eigenvalue weighted by Crippen LogP contribution is 2.30. The lowest BCUT2D eigenvalue weighted by Crippen LogP contribution is -2.28. The summed E-state index contributed by atoms with van der Waals surface area (Å²) in [4.78, 5) is 21.1. The molecule has 4 rings (SSSR count). The molecule has 0 aromatic carbocycles. The van der Waals surface area contributed by atoms with Crippen molar-refractivity contribution in [3.63, 3.8) is 0 Å². The topological polar surface area (TPSA) is 78.3 Å². The summed E-state index contributed by atoms with van der Waals surface area (Å²) < 4.78 is 13.3. The van der Waals surface area contributed by atoms with Gasteiger partial charge in [-0.05, 0) is 25.7 Å². The zero-order valence-electron chi connectivity index (χ0n) is 14.0. The molecule has 2 aromatic heterocycles. The number of nitrogens with zero attached hydrogens (tertiary/aromatic N) is 3. The van der Waals surface area contributed by atoms with Gasteiger partial charge in [-0.15, -0.1) is 11.3 Å². The van der Waals surface area contributed by atoms with Crippen molar-refractivity contribution in [2.45, 2.75) is 50.4 Å². The van der Waals surface area contributed by atoms with Gasteiger partial charge in [0.1, 0.15) is 6.10 Å². The second-order valence-corrected chi connectivity index (χ2v) is 7.40. The first-order valence-corrected chi connectivity index (χ1v) is 9.61. The van der Waals surface area contributed by atoms with E-state index in [9.17, 15) is 4.79 Å². The molecule has 2 aromatic rings. The predicted octanol–water partition coefficient (Wildman–Crippen LogP) is 2.42. The molecular weight excluding hydrogens is 340 g/mol. The van der Waals surface area contributed by atoms with E-state index in [0.29, 0.717) is 11.0 Å². The minimum Gasteiger partial charge on any atom is -0.381 e. The number of aromatic nitrogens is 3. The maximum atomic E-state index is 12.4. The number of hydrogen-bond acceptors (Lipinski definition) is 6. The number of carbonyl (C=O) groups excluding carboxylic acids is 1. The van der Waals surface area contributed by atoms with E-state index in [4.69, 9.17) is 9.47 Å². The van der Waals surface area contributed by atoms with Gasteiger partial charge >= 0.3 is 0 Å². The Kier molecular flexibility index (Phi) is 5.09. The fourth-order valence-corrected chi connectivity index (χ4v) is 4.17. The van der Waals surface area contributed by atoms with Gasteiger partial charge in [-0.1, -0.05) is 0 Å². The molecule has 2 atom stereocenters. The first-order valence-electron chi connectivity index (χ1n) is 8.73. The van der Waals surface area contributed by atoms with Gasteiger partial charge in [-0.3, -0.25) is 10.1 Å². The number of carbonyl (C=O) groups is 1. The Hall–Kier alpha value is -1.77. The largest absolute Gasteiger partial charge is 0.381 e. The van der Waals surface area contributed by atoms with Crippen molar-refractivity contribution in [3.8, 4) is 0 Å². The van der Waals surface area contributed by atoms with Gasteiger partial charge in [0.25, 0.3) is 5.91 Å². The first kappa shape index (κ1) is 16.7. The number of anilines is 1. The van der Waals surface area contributed by atoms with Crippen LogP contribution in [0.5, 0.6) is 0 Å². The summed E-state index contributed by atoms with van der Waals surface area (Å²) in [7, 11) is 0. The van der Waals surface area contributed by atoms with E-state index in [1.807, 2.05) is 16.1 Å². The highest BCUT2D eigenvalue weighted by molar-refractivity contribution is 7.13. The van der Waals surface area contributed by atoms with Gasteiger partial charge < -0.3 is 14.0 Å². The van der Waals surface area contributed by atoms with E-state index >= 15 is 0 Å². The average Bonchev–Trinajstić information content (AvgIpc) is 3.38. The monoisotopic (exact) mass is 362 g/mol. The molecule has 25 heavy (non-hydrogen) atoms. The van der Waals surface area contributed by atoms with Crippen LogP contribution in [0.3, 0.4) is 0 Å². The number of thiazole rings is 1. The molecule has 2 saturated heterocycles. The van der Waals surface area contributed by atoms with Gasteiger partial charge in [0.15, 0.2) is 5.13 Å². The third kappa shape index (κ3) is 4.08. The number of rotatable bonds is 5. The van der Waals surface area contributed by atoms with Crippen LogP contribution in [0, 0.1) is 0 Å². The van der Waals surface area contributed by atoms with Crippen LogP contribution in [0.15, 0.2) is 24.1 Å². The third-order valence-electron chi connectivity index (χ3n) is 4.77. The van der Waals surface area contributed by atoms with Crippen LogP contribution < -0.4 is 5.32 Å². The smallest absolute Gasteiger partial charge is 0.255 e. The Balaban J connectivity index is 1.29. The van der Waals surface area contributed by atoms with Crippen molar-refractivity contribution in [1.82, 2.24) is 14.5 Å². The molecule has 0 saturated carbocycles. The van der Waals surface area contributed by atoms with Gasteiger partial charge in [-0.25, -0.2) is 9.97 Å². The lowest BCUT2D eigenvalue weighted by atomic mass is 9.98. The highest BCUT2D eigenvalue weighted by Gasteiger charge is 2.31. The Morgan fingerprint density at radius 2 is 2.20 bits per heavy atom. The molecule has 1 amide bonds. The van der Waals surface area contributed by atoms with Crippen molar-refractivity contribution in [2.75, 3.05) is 18.5 Å². The SMILES string of the molecule is O=C(Nc1nc(C2CCOCC2)cs1)[C@@H]1CC[C@H](Cn2ccnc2)O1. The number of nitrogens with one attached hydrogen (secondary N) is 1. The van der Waals surface area contributed by atoms with Crippen molar-refractivity contribution in [3.05, 3.63) is 29.8 Å². The standard InChI is InChI=1S/C17H22N4O3S/c22-16(15-2-1-13(24-15)9-21-6-5-18-11-21)20-17-19-14(10-25-17)12-3-7-23-8-4-12/h5-6,10-13,15H,1-4,7-9H2,(H,19,20,22)/t13-,15+/m1/s1. The molecule has 2 fully saturated rings. The zero-order valence-corrected chi connectivity index (χ0v) is 14.8. The zero-order chi connectivity index (χ0) is 17.1. The number of imidazole rings is 1. The summed E-state index contributed by atoms with van der Waals surface area (Å²) in [5.74, 6) is 0.346. The van der Waals surface area contributed by atoms with Gasteiger partial charge in [-0.2, -0.15) is 0 Å². The van der Waals surface area contributed by atoms with E-state index in [1.54, 1.807) is 12.5 Å². The Labute approximate surface area is 150 Å². The lowest BCUT2D eigenvalue weighted by Gasteiger charge is -2.19. The van der Waals surface area contributed by atoms with E-state index in [2.05, 4.69) is 15.3 Å². The fraction of sp³-hybridized carbons (Fsp3) is 0.588. The van der Waals surface area contributed by atoms with Crippen molar-refractivity contribution < 1.29 is 14.3 Å². The van der Waals surface area contributed by atoms with Crippen LogP contribution in [0.25, 0.3) is 0 Å². The molecule has 1 N–H and O–H groups in total. The second kappa shape index (κ2) is 7.63. The fourth-order valence-electron chi connectivity index (χ4n) is 3.37. The molecule has 8 heteroatoms. The summed E-state index contributed by atoms with van der Waals surface area (Å²) in [6, 6.07) is 0. The Morgan fingerprint density at radius 3 is 3.00 bits per heavy atom. The molecule has 4 heterocycles. The molecule has 2 aliphatic rings. The lowest BCUT2D eigenvalue weighted by molar-refractivity contribution is -0.126. The molecule has 0 aliphatic carbocycles. The molecule has 0 bridgehead atoms. The number of hydrogen-bond donors (Lipinski definition) is 1. The second-order valence-electron chi connectivity index (χ2n) is 6.54. The number of amides is 1. The minimum absolute atomic E-state index is 0.0547. The molecule has 0 unspecified atom stereocenters. The summed E-state index contributed by atoms with van der Waals surface area (Å²) in [5, 5.41) is 5.62. The quantitative estimate of drug-likeness (QED) is 0.884. The third-order valence-corrected chi connectivity index (χ3v) is 5.54. The summed E-state index contributed by atoms with van der Waals surface area (Å²) in [6.45, 7) is 2.31. The maximum Gasteiger partial charge on any atom is 0.255 e. The summed E-state index contributed by atoms with van der Waals surface area (Å²) >= 11 is 1.48. The van der Waals surface area contributed by atoms with Crippen LogP contribution >= 0.6 is 11.3 Å². The summed E-state index contributed by atoms with van der Waals surface area (Å²) in [6.07, 6.45) is 8.69. The Morgan fingerprint density at radius 1 is 1.32 bits per heavy atom. The van der Waals surface area contributed by atoms with Gasteiger partial charge in [0.2, 0.25) is 0 Å². The van der Waals surface area contributed by atoms with E-state index in [1.165, 1.54) is 11.3 Å². The van der Waals surface area contributed by atoms with Crippen LogP contribution in [0.2, 0.25) is 0 Å². The van der Waals surface area contributed by atoms with Crippen molar-refractivity contribution >= 4 is 22.4 Å². The van der Waals surface area contributed by atoms with E-state index in [0.717, 1.165) is 51.1 Å². The van der Waals surface area contributed by atoms with E-state index in [-0.39, 0.29) is 12.0 Å². The normalized spacial score (nSPS) is 24.5. The minimum atomic E-state index is -0.399. The molecular formula is C17H22N4O3S. The van der Waals surface area contributed by atoms with Gasteiger partial charge in [0.05, 0.1) is 18.1 Å². The number of ether oxygens (including phenoxy) is 2. The Bertz CT molecular complexity index is 697. The molecule has 0 spiro atoms. The molecule has 2 aliphatic heterocycles. The summed E-state index contributed by atoms with van der Waals surface area (Å²) in [5.41, 5.74) is 1.06. The molecule has 0 radical (unpaired) electrons. The maximum absolute atomic E-state index is 12.4. The molecule has 134 valence electrons. The van der Waals surface area contributed by atoms with Crippen LogP contribution in [-0.2, 0) is 20.8 Å². The van der Waals surface area contributed by atoms with Gasteiger partial charge in [0, 0.05) is 43.5 Å². The van der Waals surface area contributed by atoms with E-state index < -0.39 is 6.10 Å². The van der Waals surface area contributed by atoms with Crippen LogP contribution in [0.4, 0.5) is 5.13 Å².